The maximum Gasteiger partial charge on any atom is 0.296 e. The van der Waals surface area contributed by atoms with E-state index in [1.807, 2.05) is 31.2 Å². The van der Waals surface area contributed by atoms with E-state index in [4.69, 9.17) is 16.3 Å². The predicted molar refractivity (Wildman–Crippen MR) is 147 cm³/mol. The highest BCUT2D eigenvalue weighted by atomic mass is 35.5. The van der Waals surface area contributed by atoms with Crippen molar-refractivity contribution in [2.75, 3.05) is 11.5 Å². The highest BCUT2D eigenvalue weighted by Crippen LogP contribution is 2.44. The lowest BCUT2D eigenvalue weighted by Crippen LogP contribution is -2.31. The summed E-state index contributed by atoms with van der Waals surface area (Å²) in [5, 5.41) is 22.2. The number of hydrogen-bond acceptors (Lipinski definition) is 9. The highest BCUT2D eigenvalue weighted by molar-refractivity contribution is 8.00. The molecule has 188 valence electrons. The van der Waals surface area contributed by atoms with Crippen molar-refractivity contribution in [3.8, 4) is 5.75 Å². The van der Waals surface area contributed by atoms with Gasteiger partial charge in [-0.1, -0.05) is 65.0 Å². The number of Topliss-reactive ketones (excluding diaryl/α,β-unsaturated/α-hetero) is 1. The van der Waals surface area contributed by atoms with Gasteiger partial charge in [0.05, 0.1) is 23.1 Å². The normalized spacial score (nSPS) is 15.5. The molecule has 1 atom stereocenters. The molecule has 0 bridgehead atoms. The molecule has 7 nitrogen and oxygen atoms in total. The zero-order chi connectivity index (χ0) is 25.9. The number of amides is 1. The van der Waals surface area contributed by atoms with Crippen LogP contribution >= 0.6 is 46.0 Å². The van der Waals surface area contributed by atoms with E-state index < -0.39 is 23.5 Å². The molecule has 3 heterocycles. The summed E-state index contributed by atoms with van der Waals surface area (Å²) in [7, 11) is 0. The molecule has 0 spiro atoms. The average molecular weight is 570 g/mol. The number of aliphatic hydroxyl groups excluding tert-OH is 1. The van der Waals surface area contributed by atoms with Gasteiger partial charge in [-0.2, -0.15) is 0 Å². The van der Waals surface area contributed by atoms with Gasteiger partial charge in [0, 0.05) is 10.8 Å². The van der Waals surface area contributed by atoms with Crippen LogP contribution in [0.1, 0.15) is 33.8 Å². The molecule has 0 radical (unpaired) electrons. The van der Waals surface area contributed by atoms with Gasteiger partial charge in [0.2, 0.25) is 10.9 Å². The number of hydrogen-bond donors (Lipinski definition) is 1. The molecule has 2 aromatic carbocycles. The Balaban J connectivity index is 1.49. The van der Waals surface area contributed by atoms with E-state index in [2.05, 4.69) is 10.2 Å². The van der Waals surface area contributed by atoms with Crippen molar-refractivity contribution >= 4 is 62.9 Å². The van der Waals surface area contributed by atoms with E-state index in [0.29, 0.717) is 37.9 Å². The number of aliphatic hydroxyl groups is 1. The third-order valence-electron chi connectivity index (χ3n) is 5.56. The van der Waals surface area contributed by atoms with Gasteiger partial charge in [-0.15, -0.1) is 21.5 Å². The molecule has 0 aliphatic carbocycles. The number of ether oxygens (including phenoxy) is 1. The van der Waals surface area contributed by atoms with Crippen molar-refractivity contribution < 1.29 is 19.4 Å². The lowest BCUT2D eigenvalue weighted by Gasteiger charge is -2.24. The van der Waals surface area contributed by atoms with Crippen LogP contribution in [0.3, 0.4) is 0 Å². The Hall–Kier alpha value is -3.18. The number of rotatable bonds is 9. The second-order valence-corrected chi connectivity index (χ2v) is 11.5. The molecule has 1 N–H and O–H groups in total. The first-order valence-electron chi connectivity index (χ1n) is 11.2. The third-order valence-corrected chi connectivity index (χ3v) is 8.81. The molecule has 37 heavy (non-hydrogen) atoms. The second kappa shape index (κ2) is 11.1. The molecular weight excluding hydrogens is 550 g/mol. The molecular formula is C26H20ClN3O4S3. The Labute approximate surface area is 230 Å². The Bertz CT molecular complexity index is 1470. The number of halogens is 1. The molecule has 0 saturated heterocycles. The Morgan fingerprint density at radius 1 is 1.16 bits per heavy atom. The molecule has 1 aliphatic heterocycles. The van der Waals surface area contributed by atoms with Gasteiger partial charge in [-0.05, 0) is 53.8 Å². The van der Waals surface area contributed by atoms with Crippen molar-refractivity contribution in [2.24, 2.45) is 0 Å². The summed E-state index contributed by atoms with van der Waals surface area (Å²) < 4.78 is 6.30. The van der Waals surface area contributed by atoms with Crippen molar-refractivity contribution in [1.82, 2.24) is 10.2 Å². The minimum absolute atomic E-state index is 0.00617. The molecule has 0 saturated carbocycles. The van der Waals surface area contributed by atoms with Crippen molar-refractivity contribution in [2.45, 2.75) is 23.1 Å². The Morgan fingerprint density at radius 3 is 2.70 bits per heavy atom. The SMILES string of the molecule is CCOc1cccc([C@H]2C(C(=O)c3cccs3)=C(O)C(=O)N2c2nnc(SCc3ccc(Cl)cc3)s2)c1. The molecule has 1 aliphatic rings. The first-order valence-corrected chi connectivity index (χ1v) is 14.3. The minimum atomic E-state index is -0.885. The smallest absolute Gasteiger partial charge is 0.296 e. The first kappa shape index (κ1) is 25.5. The molecule has 11 heteroatoms. The summed E-state index contributed by atoms with van der Waals surface area (Å²) >= 11 is 9.92. The molecule has 5 rings (SSSR count). The van der Waals surface area contributed by atoms with Crippen LogP contribution in [0, 0.1) is 0 Å². The predicted octanol–water partition coefficient (Wildman–Crippen LogP) is 6.73. The van der Waals surface area contributed by atoms with Crippen LogP contribution in [-0.4, -0.2) is 33.6 Å². The van der Waals surface area contributed by atoms with Crippen LogP contribution in [0.25, 0.3) is 0 Å². The Kier molecular flexibility index (Phi) is 7.61. The number of anilines is 1. The summed E-state index contributed by atoms with van der Waals surface area (Å²) in [6.45, 7) is 2.34. The summed E-state index contributed by atoms with van der Waals surface area (Å²) in [6, 6.07) is 17.2. The fraction of sp³-hybridized carbons (Fsp3) is 0.154. The number of carbonyl (C=O) groups is 2. The monoisotopic (exact) mass is 569 g/mol. The number of ketones is 1. The fourth-order valence-corrected chi connectivity index (χ4v) is 6.54. The number of carbonyl (C=O) groups excluding carboxylic acids is 2. The van der Waals surface area contributed by atoms with E-state index in [0.717, 1.165) is 5.56 Å². The standard InChI is InChI=1S/C26H20ClN3O4S3/c1-2-34-18-6-3-5-16(13-18)21-20(22(31)19-7-4-12-35-19)23(32)24(33)30(21)25-28-29-26(37-25)36-14-15-8-10-17(27)11-9-15/h3-13,21,32H,2,14H2,1H3/t21-/m0/s1. The van der Waals surface area contributed by atoms with Gasteiger partial charge in [0.1, 0.15) is 5.75 Å². The van der Waals surface area contributed by atoms with Crippen LogP contribution in [0.5, 0.6) is 5.75 Å². The van der Waals surface area contributed by atoms with Crippen LogP contribution in [-0.2, 0) is 10.5 Å². The fourth-order valence-electron chi connectivity index (χ4n) is 3.92. The zero-order valence-electron chi connectivity index (χ0n) is 19.5. The summed E-state index contributed by atoms with van der Waals surface area (Å²) in [5.74, 6) is -0.450. The van der Waals surface area contributed by atoms with E-state index in [9.17, 15) is 14.7 Å². The lowest BCUT2D eigenvalue weighted by molar-refractivity contribution is -0.117. The van der Waals surface area contributed by atoms with Crippen molar-refractivity contribution in [3.05, 3.63) is 98.4 Å². The average Bonchev–Trinajstić information content (AvgIpc) is 3.65. The number of benzene rings is 2. The topological polar surface area (TPSA) is 92.6 Å². The summed E-state index contributed by atoms with van der Waals surface area (Å²) in [5.41, 5.74) is 1.69. The summed E-state index contributed by atoms with van der Waals surface area (Å²) in [4.78, 5) is 28.6. The molecule has 1 amide bonds. The van der Waals surface area contributed by atoms with Crippen LogP contribution < -0.4 is 9.64 Å². The first-order chi connectivity index (χ1) is 18.0. The van der Waals surface area contributed by atoms with E-state index >= 15 is 0 Å². The number of thioether (sulfide) groups is 1. The van der Waals surface area contributed by atoms with Gasteiger partial charge >= 0.3 is 0 Å². The maximum absolute atomic E-state index is 13.5. The largest absolute Gasteiger partial charge is 0.503 e. The minimum Gasteiger partial charge on any atom is -0.503 e. The molecule has 0 unspecified atom stereocenters. The highest BCUT2D eigenvalue weighted by Gasteiger charge is 2.46. The van der Waals surface area contributed by atoms with Gasteiger partial charge < -0.3 is 9.84 Å². The van der Waals surface area contributed by atoms with E-state index in [-0.39, 0.29) is 10.7 Å². The quantitative estimate of drug-likeness (QED) is 0.136. The van der Waals surface area contributed by atoms with Crippen LogP contribution in [0.2, 0.25) is 5.02 Å². The summed E-state index contributed by atoms with van der Waals surface area (Å²) in [6.07, 6.45) is 0. The van der Waals surface area contributed by atoms with Gasteiger partial charge in [0.15, 0.2) is 10.1 Å². The van der Waals surface area contributed by atoms with Gasteiger partial charge in [0.25, 0.3) is 5.91 Å². The zero-order valence-corrected chi connectivity index (χ0v) is 22.7. The van der Waals surface area contributed by atoms with Gasteiger partial charge in [-0.25, -0.2) is 0 Å². The lowest BCUT2D eigenvalue weighted by atomic mass is 9.95. The van der Waals surface area contributed by atoms with Crippen LogP contribution in [0.4, 0.5) is 5.13 Å². The van der Waals surface area contributed by atoms with E-state index in [1.54, 1.807) is 41.8 Å². The number of aromatic nitrogens is 2. The maximum atomic E-state index is 13.5. The molecule has 4 aromatic rings. The van der Waals surface area contributed by atoms with Crippen molar-refractivity contribution in [3.63, 3.8) is 0 Å². The third kappa shape index (κ3) is 5.28. The number of nitrogens with zero attached hydrogens (tertiary/aromatic N) is 3. The van der Waals surface area contributed by atoms with Crippen LogP contribution in [0.15, 0.2) is 81.7 Å². The number of thiophene rings is 1. The Morgan fingerprint density at radius 2 is 1.97 bits per heavy atom. The van der Waals surface area contributed by atoms with Gasteiger partial charge in [-0.3, -0.25) is 14.5 Å². The van der Waals surface area contributed by atoms with Crippen molar-refractivity contribution in [1.29, 1.82) is 0 Å². The molecule has 2 aromatic heterocycles. The second-order valence-electron chi connectivity index (χ2n) is 7.92. The molecule has 0 fully saturated rings. The van der Waals surface area contributed by atoms with E-state index in [1.165, 1.54) is 39.3 Å².